The first-order chi connectivity index (χ1) is 10.1. The maximum Gasteiger partial charge on any atom is 0.223 e. The highest BCUT2D eigenvalue weighted by atomic mass is 16.2. The predicted molar refractivity (Wildman–Crippen MR) is 87.0 cm³/mol. The van der Waals surface area contributed by atoms with Gasteiger partial charge in [0.25, 0.3) is 0 Å². The van der Waals surface area contributed by atoms with Crippen molar-refractivity contribution >= 4 is 5.91 Å². The number of carbonyl (C=O) groups is 1. The molecule has 0 bridgehead atoms. The number of benzene rings is 1. The lowest BCUT2D eigenvalue weighted by atomic mass is 9.96. The van der Waals surface area contributed by atoms with Crippen molar-refractivity contribution in [3.05, 3.63) is 35.9 Å². The molecule has 0 aliphatic carbocycles. The summed E-state index contributed by atoms with van der Waals surface area (Å²) in [5.41, 5.74) is 1.23. The van der Waals surface area contributed by atoms with Gasteiger partial charge in [0.15, 0.2) is 0 Å². The molecule has 1 heterocycles. The molecule has 21 heavy (non-hydrogen) atoms. The maximum absolute atomic E-state index is 12.5. The number of nitrogens with one attached hydrogen (secondary N) is 1. The van der Waals surface area contributed by atoms with Gasteiger partial charge >= 0.3 is 0 Å². The van der Waals surface area contributed by atoms with Gasteiger partial charge in [0.05, 0.1) is 6.04 Å². The van der Waals surface area contributed by atoms with Crippen molar-refractivity contribution in [3.8, 4) is 0 Å². The van der Waals surface area contributed by atoms with Gasteiger partial charge in [-0.05, 0) is 24.3 Å². The molecule has 2 unspecified atom stereocenters. The van der Waals surface area contributed by atoms with E-state index in [9.17, 15) is 4.79 Å². The fraction of sp³-hybridized carbons (Fsp3) is 0.611. The van der Waals surface area contributed by atoms with E-state index in [0.717, 1.165) is 25.9 Å². The van der Waals surface area contributed by atoms with Crippen LogP contribution in [0.25, 0.3) is 0 Å². The Morgan fingerprint density at radius 1 is 1.33 bits per heavy atom. The molecule has 116 valence electrons. The third-order valence-corrected chi connectivity index (χ3v) is 4.12. The SMILES string of the molecule is CCCC(=O)N1CC(CC(C)C)NCC1c1ccccc1. The van der Waals surface area contributed by atoms with Crippen LogP contribution in [0, 0.1) is 5.92 Å². The molecule has 1 aliphatic heterocycles. The van der Waals surface area contributed by atoms with Crippen molar-refractivity contribution in [2.24, 2.45) is 5.92 Å². The van der Waals surface area contributed by atoms with Crippen molar-refractivity contribution in [1.29, 1.82) is 0 Å². The van der Waals surface area contributed by atoms with Crippen LogP contribution in [0.5, 0.6) is 0 Å². The second kappa shape index (κ2) is 7.60. The number of piperazine rings is 1. The summed E-state index contributed by atoms with van der Waals surface area (Å²) in [6, 6.07) is 11.0. The lowest BCUT2D eigenvalue weighted by Crippen LogP contribution is -2.54. The van der Waals surface area contributed by atoms with E-state index in [0.29, 0.717) is 24.3 Å². The molecule has 3 heteroatoms. The van der Waals surface area contributed by atoms with E-state index in [1.54, 1.807) is 0 Å². The van der Waals surface area contributed by atoms with Gasteiger partial charge in [-0.2, -0.15) is 0 Å². The highest BCUT2D eigenvalue weighted by Gasteiger charge is 2.31. The molecule has 2 rings (SSSR count). The van der Waals surface area contributed by atoms with Crippen LogP contribution < -0.4 is 5.32 Å². The third kappa shape index (κ3) is 4.31. The van der Waals surface area contributed by atoms with Gasteiger partial charge < -0.3 is 10.2 Å². The van der Waals surface area contributed by atoms with Crippen LogP contribution in [0.15, 0.2) is 30.3 Å². The van der Waals surface area contributed by atoms with E-state index in [2.05, 4.69) is 55.3 Å². The summed E-state index contributed by atoms with van der Waals surface area (Å²) in [6.07, 6.45) is 2.69. The van der Waals surface area contributed by atoms with E-state index in [1.165, 1.54) is 5.56 Å². The molecule has 0 saturated carbocycles. The summed E-state index contributed by atoms with van der Waals surface area (Å²) >= 11 is 0. The average Bonchev–Trinajstić information content (AvgIpc) is 2.48. The zero-order chi connectivity index (χ0) is 15.2. The highest BCUT2D eigenvalue weighted by molar-refractivity contribution is 5.77. The zero-order valence-electron chi connectivity index (χ0n) is 13.5. The monoisotopic (exact) mass is 288 g/mol. The van der Waals surface area contributed by atoms with Crippen LogP contribution >= 0.6 is 0 Å². The summed E-state index contributed by atoms with van der Waals surface area (Å²) < 4.78 is 0. The molecule has 1 aromatic carbocycles. The lowest BCUT2D eigenvalue weighted by Gasteiger charge is -2.41. The van der Waals surface area contributed by atoms with Gasteiger partial charge in [0.2, 0.25) is 5.91 Å². The fourth-order valence-corrected chi connectivity index (χ4v) is 3.15. The van der Waals surface area contributed by atoms with Crippen molar-refractivity contribution in [3.63, 3.8) is 0 Å². The van der Waals surface area contributed by atoms with Gasteiger partial charge in [-0.15, -0.1) is 0 Å². The number of carbonyl (C=O) groups excluding carboxylic acids is 1. The Morgan fingerprint density at radius 2 is 2.05 bits per heavy atom. The molecule has 3 nitrogen and oxygen atoms in total. The van der Waals surface area contributed by atoms with Gasteiger partial charge in [-0.1, -0.05) is 51.1 Å². The summed E-state index contributed by atoms with van der Waals surface area (Å²) in [5, 5.41) is 3.63. The van der Waals surface area contributed by atoms with Gasteiger partial charge in [-0.3, -0.25) is 4.79 Å². The number of nitrogens with zero attached hydrogens (tertiary/aromatic N) is 1. The van der Waals surface area contributed by atoms with Crippen LogP contribution in [0.3, 0.4) is 0 Å². The van der Waals surface area contributed by atoms with Gasteiger partial charge in [-0.25, -0.2) is 0 Å². The minimum atomic E-state index is 0.175. The molecule has 1 N–H and O–H groups in total. The molecular weight excluding hydrogens is 260 g/mol. The van der Waals surface area contributed by atoms with Crippen LogP contribution in [-0.2, 0) is 4.79 Å². The van der Waals surface area contributed by atoms with Gasteiger partial charge in [0.1, 0.15) is 0 Å². The molecule has 1 saturated heterocycles. The third-order valence-electron chi connectivity index (χ3n) is 4.12. The maximum atomic E-state index is 12.5. The molecular formula is C18H28N2O. The van der Waals surface area contributed by atoms with Crippen LogP contribution in [0.2, 0.25) is 0 Å². The minimum Gasteiger partial charge on any atom is -0.333 e. The van der Waals surface area contributed by atoms with Crippen molar-refractivity contribution in [2.45, 2.75) is 52.1 Å². The Balaban J connectivity index is 2.14. The van der Waals surface area contributed by atoms with Crippen LogP contribution in [-0.4, -0.2) is 29.9 Å². The van der Waals surface area contributed by atoms with E-state index >= 15 is 0 Å². The molecule has 1 aliphatic rings. The van der Waals surface area contributed by atoms with Crippen molar-refractivity contribution in [2.75, 3.05) is 13.1 Å². The second-order valence-electron chi connectivity index (χ2n) is 6.46. The smallest absolute Gasteiger partial charge is 0.223 e. The Labute approximate surface area is 128 Å². The molecule has 0 aromatic heterocycles. The standard InChI is InChI=1S/C18H28N2O/c1-4-8-18(21)20-13-16(11-14(2)3)19-12-17(20)15-9-6-5-7-10-15/h5-7,9-10,14,16-17,19H,4,8,11-13H2,1-3H3. The van der Waals surface area contributed by atoms with Crippen molar-refractivity contribution < 1.29 is 4.79 Å². The largest absolute Gasteiger partial charge is 0.333 e. The van der Waals surface area contributed by atoms with E-state index in [-0.39, 0.29) is 6.04 Å². The first-order valence-corrected chi connectivity index (χ1v) is 8.19. The average molecular weight is 288 g/mol. The second-order valence-corrected chi connectivity index (χ2v) is 6.46. The molecule has 2 atom stereocenters. The summed E-state index contributed by atoms with van der Waals surface area (Å²) in [7, 11) is 0. The molecule has 0 spiro atoms. The van der Waals surface area contributed by atoms with Crippen LogP contribution in [0.1, 0.15) is 51.6 Å². The minimum absolute atomic E-state index is 0.175. The van der Waals surface area contributed by atoms with E-state index in [4.69, 9.17) is 0 Å². The molecule has 0 radical (unpaired) electrons. The Kier molecular flexibility index (Phi) is 5.80. The predicted octanol–water partition coefficient (Wildman–Crippen LogP) is 3.37. The summed E-state index contributed by atoms with van der Waals surface area (Å²) in [4.78, 5) is 14.6. The van der Waals surface area contributed by atoms with Gasteiger partial charge in [0, 0.05) is 25.6 Å². The van der Waals surface area contributed by atoms with Crippen molar-refractivity contribution in [1.82, 2.24) is 10.2 Å². The lowest BCUT2D eigenvalue weighted by molar-refractivity contribution is -0.135. The van der Waals surface area contributed by atoms with E-state index < -0.39 is 0 Å². The Hall–Kier alpha value is -1.35. The number of hydrogen-bond donors (Lipinski definition) is 1. The Bertz CT molecular complexity index is 444. The fourth-order valence-electron chi connectivity index (χ4n) is 3.15. The first-order valence-electron chi connectivity index (χ1n) is 8.19. The molecule has 1 aromatic rings. The number of hydrogen-bond acceptors (Lipinski definition) is 2. The normalized spacial score (nSPS) is 22.6. The highest BCUT2D eigenvalue weighted by Crippen LogP contribution is 2.26. The molecule has 1 amide bonds. The van der Waals surface area contributed by atoms with E-state index in [1.807, 2.05) is 6.07 Å². The first kappa shape index (κ1) is 16.0. The molecule has 1 fully saturated rings. The quantitative estimate of drug-likeness (QED) is 0.901. The Morgan fingerprint density at radius 3 is 2.67 bits per heavy atom. The number of amides is 1. The van der Waals surface area contributed by atoms with Crippen LogP contribution in [0.4, 0.5) is 0 Å². The zero-order valence-corrected chi connectivity index (χ0v) is 13.5. The topological polar surface area (TPSA) is 32.3 Å². The number of rotatable bonds is 5. The summed E-state index contributed by atoms with van der Waals surface area (Å²) in [5.74, 6) is 0.945. The summed E-state index contributed by atoms with van der Waals surface area (Å²) in [6.45, 7) is 8.24.